The Morgan fingerprint density at radius 3 is 2.43 bits per heavy atom. The number of benzene rings is 1. The van der Waals surface area contributed by atoms with Gasteiger partial charge in [-0.15, -0.1) is 23.2 Å². The van der Waals surface area contributed by atoms with E-state index in [1.807, 2.05) is 0 Å². The van der Waals surface area contributed by atoms with Gasteiger partial charge in [-0.1, -0.05) is 29.8 Å². The molecule has 0 saturated carbocycles. The molecule has 0 heterocycles. The highest BCUT2D eigenvalue weighted by Gasteiger charge is 2.47. The minimum absolute atomic E-state index is 0.0856. The molecule has 1 aliphatic rings. The Labute approximate surface area is 137 Å². The third-order valence-electron chi connectivity index (χ3n) is 3.30. The Kier molecular flexibility index (Phi) is 4.57. The van der Waals surface area contributed by atoms with E-state index < -0.39 is 16.2 Å². The highest BCUT2D eigenvalue weighted by Crippen LogP contribution is 2.38. The minimum Gasteiger partial charge on any atom is -0.292 e. The number of Topliss-reactive ketones (excluding diaryl/α,β-unsaturated/α-hetero) is 1. The SMILES string of the molecule is CC1=C(Cl)C(=NC(=O)c2ccccc2)C(Cl)C(C)(Cl)C1=O. The van der Waals surface area contributed by atoms with Gasteiger partial charge in [-0.3, -0.25) is 9.59 Å². The van der Waals surface area contributed by atoms with Gasteiger partial charge in [-0.05, 0) is 26.0 Å². The van der Waals surface area contributed by atoms with Crippen molar-refractivity contribution < 1.29 is 9.59 Å². The first-order chi connectivity index (χ1) is 9.76. The molecule has 1 aromatic rings. The standard InChI is InChI=1S/C15H12Cl3NO2/c1-8-10(16)11(12(17)15(2,18)13(8)20)19-14(21)9-6-4-3-5-7-9/h3-7,12H,1-2H3. The van der Waals surface area contributed by atoms with Gasteiger partial charge >= 0.3 is 0 Å². The molecule has 0 fully saturated rings. The summed E-state index contributed by atoms with van der Waals surface area (Å²) in [5, 5.41) is -0.891. The number of halogens is 3. The first kappa shape index (κ1) is 16.2. The molecular formula is C15H12Cl3NO2. The average Bonchev–Trinajstić information content (AvgIpc) is 2.49. The third kappa shape index (κ3) is 2.91. The Hall–Kier alpha value is -1.16. The van der Waals surface area contributed by atoms with Crippen LogP contribution in [0.1, 0.15) is 24.2 Å². The van der Waals surface area contributed by atoms with Gasteiger partial charge < -0.3 is 0 Å². The molecule has 0 bridgehead atoms. The van der Waals surface area contributed by atoms with E-state index in [1.165, 1.54) is 13.8 Å². The van der Waals surface area contributed by atoms with Gasteiger partial charge in [0, 0.05) is 11.1 Å². The Bertz CT molecular complexity index is 663. The smallest absolute Gasteiger partial charge is 0.277 e. The number of ketones is 1. The fourth-order valence-corrected chi connectivity index (χ4v) is 2.80. The molecule has 0 radical (unpaired) electrons. The van der Waals surface area contributed by atoms with Gasteiger partial charge in [-0.2, -0.15) is 0 Å². The van der Waals surface area contributed by atoms with Crippen LogP contribution in [0, 0.1) is 0 Å². The van der Waals surface area contributed by atoms with Crippen molar-refractivity contribution in [1.82, 2.24) is 0 Å². The van der Waals surface area contributed by atoms with E-state index in [2.05, 4.69) is 4.99 Å². The molecule has 3 nitrogen and oxygen atoms in total. The van der Waals surface area contributed by atoms with Gasteiger partial charge in [0.25, 0.3) is 5.91 Å². The zero-order valence-corrected chi connectivity index (χ0v) is 13.6. The fourth-order valence-electron chi connectivity index (χ4n) is 2.00. The lowest BCUT2D eigenvalue weighted by Crippen LogP contribution is -2.48. The number of carbonyl (C=O) groups excluding carboxylic acids is 2. The van der Waals surface area contributed by atoms with Crippen molar-refractivity contribution in [2.75, 3.05) is 0 Å². The van der Waals surface area contributed by atoms with Gasteiger partial charge in [-0.25, -0.2) is 4.99 Å². The highest BCUT2D eigenvalue weighted by atomic mass is 35.5. The fraction of sp³-hybridized carbons (Fsp3) is 0.267. The van der Waals surface area contributed by atoms with Crippen molar-refractivity contribution in [2.24, 2.45) is 4.99 Å². The molecule has 2 rings (SSSR count). The van der Waals surface area contributed by atoms with Gasteiger partial charge in [0.15, 0.2) is 5.78 Å². The summed E-state index contributed by atoms with van der Waals surface area (Å²) in [5.41, 5.74) is 0.789. The van der Waals surface area contributed by atoms with Crippen LogP contribution in [0.4, 0.5) is 0 Å². The summed E-state index contributed by atoms with van der Waals surface area (Å²) in [6, 6.07) is 8.51. The summed E-state index contributed by atoms with van der Waals surface area (Å²) in [7, 11) is 0. The number of carbonyl (C=O) groups is 2. The van der Waals surface area contributed by atoms with Crippen molar-refractivity contribution in [2.45, 2.75) is 24.1 Å². The lowest BCUT2D eigenvalue weighted by molar-refractivity contribution is -0.117. The molecular weight excluding hydrogens is 333 g/mol. The summed E-state index contributed by atoms with van der Waals surface area (Å²) < 4.78 is 0. The molecule has 2 unspecified atom stereocenters. The van der Waals surface area contributed by atoms with Gasteiger partial charge in [0.1, 0.15) is 10.3 Å². The summed E-state index contributed by atoms with van der Waals surface area (Å²) in [6.45, 7) is 3.03. The molecule has 1 aliphatic carbocycles. The van der Waals surface area contributed by atoms with E-state index in [0.29, 0.717) is 5.56 Å². The molecule has 21 heavy (non-hydrogen) atoms. The highest BCUT2D eigenvalue weighted by molar-refractivity contribution is 6.59. The monoisotopic (exact) mass is 343 g/mol. The van der Waals surface area contributed by atoms with Crippen LogP contribution in [0.3, 0.4) is 0 Å². The van der Waals surface area contributed by atoms with Crippen LogP contribution in [0.25, 0.3) is 0 Å². The molecule has 0 spiro atoms. The maximum absolute atomic E-state index is 12.1. The topological polar surface area (TPSA) is 46.5 Å². The summed E-state index contributed by atoms with van der Waals surface area (Å²) in [6.07, 6.45) is 0. The number of rotatable bonds is 1. The molecule has 6 heteroatoms. The maximum Gasteiger partial charge on any atom is 0.277 e. The zero-order valence-electron chi connectivity index (χ0n) is 11.4. The minimum atomic E-state index is -1.38. The van der Waals surface area contributed by atoms with Gasteiger partial charge in [0.05, 0.1) is 10.7 Å². The maximum atomic E-state index is 12.1. The normalized spacial score (nSPS) is 28.1. The van der Waals surface area contributed by atoms with E-state index in [4.69, 9.17) is 34.8 Å². The van der Waals surface area contributed by atoms with Crippen molar-refractivity contribution in [1.29, 1.82) is 0 Å². The van der Waals surface area contributed by atoms with Crippen LogP contribution in [-0.4, -0.2) is 27.7 Å². The molecule has 0 aromatic heterocycles. The van der Waals surface area contributed by atoms with E-state index in [0.717, 1.165) is 0 Å². The predicted molar refractivity (Wildman–Crippen MR) is 85.7 cm³/mol. The molecule has 0 aliphatic heterocycles. The lowest BCUT2D eigenvalue weighted by Gasteiger charge is -2.32. The second-order valence-electron chi connectivity index (χ2n) is 4.87. The van der Waals surface area contributed by atoms with Crippen LogP contribution in [0.15, 0.2) is 45.9 Å². The molecule has 0 N–H and O–H groups in total. The van der Waals surface area contributed by atoms with Crippen molar-refractivity contribution in [3.8, 4) is 0 Å². The first-order valence-electron chi connectivity index (χ1n) is 6.19. The van der Waals surface area contributed by atoms with E-state index in [1.54, 1.807) is 30.3 Å². The van der Waals surface area contributed by atoms with Crippen molar-refractivity contribution in [3.63, 3.8) is 0 Å². The number of nitrogens with zero attached hydrogens (tertiary/aromatic N) is 1. The number of hydrogen-bond donors (Lipinski definition) is 0. The second-order valence-corrected chi connectivity index (χ2v) is 6.47. The van der Waals surface area contributed by atoms with E-state index in [-0.39, 0.29) is 22.1 Å². The second kappa shape index (κ2) is 5.91. The predicted octanol–water partition coefficient (Wildman–Crippen LogP) is 3.97. The number of alkyl halides is 2. The third-order valence-corrected chi connectivity index (χ3v) is 4.92. The average molecular weight is 345 g/mol. The van der Waals surface area contributed by atoms with E-state index >= 15 is 0 Å². The number of allylic oxidation sites excluding steroid dienone is 2. The Balaban J connectivity index is 2.49. The summed E-state index contributed by atoms with van der Waals surface area (Å²) >= 11 is 18.5. The van der Waals surface area contributed by atoms with Crippen LogP contribution in [-0.2, 0) is 4.79 Å². The van der Waals surface area contributed by atoms with E-state index in [9.17, 15) is 9.59 Å². The van der Waals surface area contributed by atoms with Crippen LogP contribution in [0.2, 0.25) is 0 Å². The molecule has 2 atom stereocenters. The van der Waals surface area contributed by atoms with Crippen molar-refractivity contribution in [3.05, 3.63) is 46.5 Å². The van der Waals surface area contributed by atoms with Crippen molar-refractivity contribution >= 4 is 52.2 Å². The molecule has 1 aromatic carbocycles. The van der Waals surface area contributed by atoms with Crippen LogP contribution in [0.5, 0.6) is 0 Å². The largest absolute Gasteiger partial charge is 0.292 e. The summed E-state index contributed by atoms with van der Waals surface area (Å²) in [5.74, 6) is -0.843. The zero-order chi connectivity index (χ0) is 15.8. The molecule has 110 valence electrons. The molecule has 1 amide bonds. The number of amides is 1. The number of hydrogen-bond acceptors (Lipinski definition) is 2. The first-order valence-corrected chi connectivity index (χ1v) is 7.38. The molecule has 0 saturated heterocycles. The Morgan fingerprint density at radius 1 is 1.29 bits per heavy atom. The van der Waals surface area contributed by atoms with Gasteiger partial charge in [0.2, 0.25) is 0 Å². The van der Waals surface area contributed by atoms with Crippen LogP contribution >= 0.6 is 34.8 Å². The quantitative estimate of drug-likeness (QED) is 0.724. The van der Waals surface area contributed by atoms with Crippen LogP contribution < -0.4 is 0 Å². The summed E-state index contributed by atoms with van der Waals surface area (Å²) in [4.78, 5) is 26.8. The Morgan fingerprint density at radius 2 is 1.86 bits per heavy atom. The lowest BCUT2D eigenvalue weighted by atomic mass is 9.86. The number of aliphatic imine (C=N–C) groups is 1.